The number of amides is 2. The molecule has 1 aromatic rings. The number of nitrogens with zero attached hydrogens (tertiary/aromatic N) is 1. The lowest BCUT2D eigenvalue weighted by molar-refractivity contribution is -0.146. The molecule has 2 N–H and O–H groups in total. The van der Waals surface area contributed by atoms with Crippen LogP contribution in [0.5, 0.6) is 0 Å². The predicted molar refractivity (Wildman–Crippen MR) is 97.1 cm³/mol. The van der Waals surface area contributed by atoms with E-state index in [1.165, 1.54) is 11.1 Å². The summed E-state index contributed by atoms with van der Waals surface area (Å²) in [6.45, 7) is 8.64. The van der Waals surface area contributed by atoms with Gasteiger partial charge in [-0.25, -0.2) is 5.48 Å². The lowest BCUT2D eigenvalue weighted by atomic mass is 9.82. The van der Waals surface area contributed by atoms with Crippen LogP contribution in [-0.4, -0.2) is 34.5 Å². The molecule has 1 fully saturated rings. The summed E-state index contributed by atoms with van der Waals surface area (Å²) < 4.78 is 0. The first-order chi connectivity index (χ1) is 11.8. The number of rotatable bonds is 7. The zero-order valence-electron chi connectivity index (χ0n) is 15.7. The molecule has 138 valence electrons. The lowest BCUT2D eigenvalue weighted by Gasteiger charge is -2.30. The highest BCUT2D eigenvalue weighted by atomic mass is 16.5. The van der Waals surface area contributed by atoms with Gasteiger partial charge in [-0.2, -0.15) is 0 Å². The maximum Gasteiger partial charge on any atom is 0.266 e. The van der Waals surface area contributed by atoms with E-state index >= 15 is 0 Å². The van der Waals surface area contributed by atoms with Crippen LogP contribution in [0.25, 0.3) is 0 Å². The van der Waals surface area contributed by atoms with Crippen molar-refractivity contribution in [1.29, 1.82) is 0 Å². The average molecular weight is 346 g/mol. The molecular formula is C20H30N2O3. The molecule has 0 spiro atoms. The zero-order chi connectivity index (χ0) is 18.6. The molecule has 1 aliphatic rings. The van der Waals surface area contributed by atoms with Crippen LogP contribution in [0.4, 0.5) is 0 Å². The minimum absolute atomic E-state index is 0.0226. The fourth-order valence-electron chi connectivity index (χ4n) is 3.64. The summed E-state index contributed by atoms with van der Waals surface area (Å²) in [5.41, 5.74) is 3.73. The standard InChI is InChI=1S/C20H30N2O3/c1-14(2)12-17(18(23)21-25)22-11-10-20(4,19(22)24)9-8-16-7-5-6-15(3)13-16/h5-7,13-14,17,25H,8-12H2,1-4H3,(H,21,23)/t17-,20?/m1/s1. The molecule has 5 heteroatoms. The highest BCUT2D eigenvalue weighted by Crippen LogP contribution is 2.38. The van der Waals surface area contributed by atoms with Gasteiger partial charge in [-0.05, 0) is 44.1 Å². The number of hydrogen-bond acceptors (Lipinski definition) is 3. The van der Waals surface area contributed by atoms with Crippen LogP contribution in [0.1, 0.15) is 51.2 Å². The number of nitrogens with one attached hydrogen (secondary N) is 1. The summed E-state index contributed by atoms with van der Waals surface area (Å²) in [7, 11) is 0. The Morgan fingerprint density at radius 1 is 1.40 bits per heavy atom. The second-order valence-electron chi connectivity index (χ2n) is 7.92. The Bertz CT molecular complexity index is 629. The van der Waals surface area contributed by atoms with Gasteiger partial charge in [-0.3, -0.25) is 14.8 Å². The largest absolute Gasteiger partial charge is 0.330 e. The van der Waals surface area contributed by atoms with Crippen LogP contribution in [0.3, 0.4) is 0 Å². The first-order valence-electron chi connectivity index (χ1n) is 9.07. The number of aryl methyl sites for hydroxylation is 2. The third-order valence-corrected chi connectivity index (χ3v) is 5.21. The highest BCUT2D eigenvalue weighted by molar-refractivity contribution is 5.91. The molecular weight excluding hydrogens is 316 g/mol. The molecule has 0 bridgehead atoms. The maximum absolute atomic E-state index is 13.0. The minimum Gasteiger partial charge on any atom is -0.330 e. The fourth-order valence-corrected chi connectivity index (χ4v) is 3.64. The third kappa shape index (κ3) is 4.60. The number of benzene rings is 1. The van der Waals surface area contributed by atoms with Crippen LogP contribution in [0.15, 0.2) is 24.3 Å². The first-order valence-corrected chi connectivity index (χ1v) is 9.07. The molecule has 2 rings (SSSR count). The van der Waals surface area contributed by atoms with Crippen molar-refractivity contribution < 1.29 is 14.8 Å². The van der Waals surface area contributed by atoms with E-state index in [-0.39, 0.29) is 11.8 Å². The Kier molecular flexibility index (Phi) is 6.22. The zero-order valence-corrected chi connectivity index (χ0v) is 15.7. The van der Waals surface area contributed by atoms with Gasteiger partial charge in [0.1, 0.15) is 6.04 Å². The van der Waals surface area contributed by atoms with Crippen LogP contribution >= 0.6 is 0 Å². The van der Waals surface area contributed by atoms with E-state index in [1.54, 1.807) is 10.4 Å². The Morgan fingerprint density at radius 3 is 2.72 bits per heavy atom. The SMILES string of the molecule is Cc1cccc(CCC2(C)CCN([C@H](CC(C)C)C(=O)NO)C2=O)c1. The van der Waals surface area contributed by atoms with E-state index in [0.717, 1.165) is 19.3 Å². The summed E-state index contributed by atoms with van der Waals surface area (Å²) >= 11 is 0. The molecule has 0 radical (unpaired) electrons. The minimum atomic E-state index is -0.599. The molecule has 0 aliphatic carbocycles. The van der Waals surface area contributed by atoms with Gasteiger partial charge in [-0.15, -0.1) is 0 Å². The second kappa shape index (κ2) is 8.00. The van der Waals surface area contributed by atoms with Gasteiger partial charge in [0.15, 0.2) is 0 Å². The molecule has 25 heavy (non-hydrogen) atoms. The van der Waals surface area contributed by atoms with Gasteiger partial charge in [0.25, 0.3) is 5.91 Å². The van der Waals surface area contributed by atoms with Crippen molar-refractivity contribution in [2.45, 2.75) is 59.4 Å². The highest BCUT2D eigenvalue weighted by Gasteiger charge is 2.46. The van der Waals surface area contributed by atoms with Crippen LogP contribution in [-0.2, 0) is 16.0 Å². The van der Waals surface area contributed by atoms with Crippen molar-refractivity contribution in [1.82, 2.24) is 10.4 Å². The van der Waals surface area contributed by atoms with Crippen molar-refractivity contribution in [2.75, 3.05) is 6.54 Å². The molecule has 2 atom stereocenters. The number of hydroxylamine groups is 1. The molecule has 1 unspecified atom stereocenters. The Hall–Kier alpha value is -1.88. The molecule has 2 amide bonds. The van der Waals surface area contributed by atoms with E-state index in [2.05, 4.69) is 25.1 Å². The quantitative estimate of drug-likeness (QED) is 0.589. The van der Waals surface area contributed by atoms with Crippen molar-refractivity contribution in [3.8, 4) is 0 Å². The van der Waals surface area contributed by atoms with Crippen LogP contribution in [0.2, 0.25) is 0 Å². The fraction of sp³-hybridized carbons (Fsp3) is 0.600. The van der Waals surface area contributed by atoms with E-state index in [9.17, 15) is 9.59 Å². The van der Waals surface area contributed by atoms with Gasteiger partial charge < -0.3 is 4.90 Å². The van der Waals surface area contributed by atoms with Crippen LogP contribution in [0, 0.1) is 18.3 Å². The molecule has 0 aromatic heterocycles. The van der Waals surface area contributed by atoms with E-state index in [1.807, 2.05) is 26.8 Å². The average Bonchev–Trinajstić information content (AvgIpc) is 2.86. The van der Waals surface area contributed by atoms with Crippen molar-refractivity contribution in [3.63, 3.8) is 0 Å². The smallest absolute Gasteiger partial charge is 0.266 e. The molecule has 0 saturated carbocycles. The summed E-state index contributed by atoms with van der Waals surface area (Å²) in [5, 5.41) is 9.04. The topological polar surface area (TPSA) is 69.6 Å². The van der Waals surface area contributed by atoms with Gasteiger partial charge in [0.2, 0.25) is 5.91 Å². The van der Waals surface area contributed by atoms with Crippen molar-refractivity contribution >= 4 is 11.8 Å². The summed E-state index contributed by atoms with van der Waals surface area (Å²) in [6, 6.07) is 7.76. The molecule has 1 heterocycles. The summed E-state index contributed by atoms with van der Waals surface area (Å²) in [6.07, 6.45) is 2.90. The van der Waals surface area contributed by atoms with Crippen molar-refractivity contribution in [3.05, 3.63) is 35.4 Å². The maximum atomic E-state index is 13.0. The van der Waals surface area contributed by atoms with E-state index in [0.29, 0.717) is 13.0 Å². The molecule has 1 aromatic carbocycles. The number of carbonyl (C=O) groups excluding carboxylic acids is 2. The summed E-state index contributed by atoms with van der Waals surface area (Å²) in [4.78, 5) is 26.7. The molecule has 5 nitrogen and oxygen atoms in total. The van der Waals surface area contributed by atoms with Gasteiger partial charge in [-0.1, -0.05) is 50.6 Å². The van der Waals surface area contributed by atoms with E-state index < -0.39 is 17.4 Å². The van der Waals surface area contributed by atoms with E-state index in [4.69, 9.17) is 5.21 Å². The number of carbonyl (C=O) groups is 2. The van der Waals surface area contributed by atoms with Crippen LogP contribution < -0.4 is 5.48 Å². The molecule has 1 aliphatic heterocycles. The van der Waals surface area contributed by atoms with Crippen molar-refractivity contribution in [2.24, 2.45) is 11.3 Å². The Labute approximate surface area is 150 Å². The van der Waals surface area contributed by atoms with Gasteiger partial charge in [0.05, 0.1) is 0 Å². The Balaban J connectivity index is 2.08. The lowest BCUT2D eigenvalue weighted by Crippen LogP contribution is -2.49. The number of likely N-dealkylation sites (tertiary alicyclic amines) is 1. The summed E-state index contributed by atoms with van der Waals surface area (Å²) in [5.74, 6) is -0.214. The monoisotopic (exact) mass is 346 g/mol. The van der Waals surface area contributed by atoms with Gasteiger partial charge >= 0.3 is 0 Å². The number of hydrogen-bond donors (Lipinski definition) is 2. The first kappa shape index (κ1) is 19.4. The Morgan fingerprint density at radius 2 is 2.12 bits per heavy atom. The second-order valence-corrected chi connectivity index (χ2v) is 7.92. The molecule has 1 saturated heterocycles. The third-order valence-electron chi connectivity index (χ3n) is 5.21. The normalized spacial score (nSPS) is 21.7. The van der Waals surface area contributed by atoms with Gasteiger partial charge in [0, 0.05) is 12.0 Å². The predicted octanol–water partition coefficient (Wildman–Crippen LogP) is 3.09.